The molecule has 1 fully saturated rings. The minimum absolute atomic E-state index is 0.145. The Morgan fingerprint density at radius 3 is 2.38 bits per heavy atom. The molecule has 2 heterocycles. The fraction of sp³-hybridized carbons (Fsp3) is 0.333. The van der Waals surface area contributed by atoms with Crippen molar-refractivity contribution in [1.29, 1.82) is 0 Å². The van der Waals surface area contributed by atoms with E-state index in [1.165, 1.54) is 12.1 Å². The number of rotatable bonds is 3. The number of benzene rings is 1. The van der Waals surface area contributed by atoms with E-state index in [1.54, 1.807) is 18.2 Å². The summed E-state index contributed by atoms with van der Waals surface area (Å²) in [5.74, 6) is 1.29. The highest BCUT2D eigenvalue weighted by atomic mass is 35.5. The molecule has 4 nitrogen and oxygen atoms in total. The first-order chi connectivity index (χ1) is 10.2. The van der Waals surface area contributed by atoms with Crippen LogP contribution in [-0.4, -0.2) is 29.4 Å². The van der Waals surface area contributed by atoms with Crippen molar-refractivity contribution in [2.75, 3.05) is 18.0 Å². The molecular weight excluding hydrogens is 293 g/mol. The molecule has 3 rings (SSSR count). The molecule has 0 amide bonds. The number of aromatic nitrogens is 2. The number of halogens is 2. The lowest BCUT2D eigenvalue weighted by Crippen LogP contribution is -2.38. The fourth-order valence-electron chi connectivity index (χ4n) is 2.39. The van der Waals surface area contributed by atoms with Gasteiger partial charge in [-0.1, -0.05) is 11.6 Å². The third kappa shape index (κ3) is 3.61. The van der Waals surface area contributed by atoms with E-state index in [9.17, 15) is 4.39 Å². The van der Waals surface area contributed by atoms with Crippen LogP contribution >= 0.6 is 11.6 Å². The van der Waals surface area contributed by atoms with Gasteiger partial charge in [-0.2, -0.15) is 0 Å². The molecule has 1 aromatic heterocycles. The zero-order valence-corrected chi connectivity index (χ0v) is 12.1. The summed E-state index contributed by atoms with van der Waals surface area (Å²) < 4.78 is 18.7. The molecule has 1 aliphatic rings. The lowest BCUT2D eigenvalue weighted by atomic mass is 10.1. The van der Waals surface area contributed by atoms with Crippen molar-refractivity contribution in [2.45, 2.75) is 18.9 Å². The first-order valence-electron chi connectivity index (χ1n) is 6.87. The Hall–Kier alpha value is -1.88. The average Bonchev–Trinajstić information content (AvgIpc) is 2.51. The molecule has 2 aromatic rings. The summed E-state index contributed by atoms with van der Waals surface area (Å²) in [5, 5.41) is 8.34. The zero-order chi connectivity index (χ0) is 14.7. The van der Waals surface area contributed by atoms with E-state index in [4.69, 9.17) is 16.3 Å². The van der Waals surface area contributed by atoms with Gasteiger partial charge in [0.1, 0.15) is 17.7 Å². The summed E-state index contributed by atoms with van der Waals surface area (Å²) in [6.45, 7) is 1.70. The Bertz CT molecular complexity index is 583. The molecular formula is C15H15ClFN3O. The number of piperidine rings is 1. The smallest absolute Gasteiger partial charge is 0.151 e. The van der Waals surface area contributed by atoms with Crippen molar-refractivity contribution in [1.82, 2.24) is 10.2 Å². The second-order valence-corrected chi connectivity index (χ2v) is 5.36. The highest BCUT2D eigenvalue weighted by Crippen LogP contribution is 2.22. The van der Waals surface area contributed by atoms with E-state index in [1.807, 2.05) is 6.07 Å². The van der Waals surface area contributed by atoms with E-state index in [0.717, 1.165) is 31.7 Å². The van der Waals surface area contributed by atoms with Gasteiger partial charge in [-0.05, 0) is 36.4 Å². The maximum absolute atomic E-state index is 12.8. The number of ether oxygens (including phenoxy) is 1. The molecule has 0 radical (unpaired) electrons. The lowest BCUT2D eigenvalue weighted by Gasteiger charge is -2.32. The van der Waals surface area contributed by atoms with E-state index in [0.29, 0.717) is 10.9 Å². The third-order valence-electron chi connectivity index (χ3n) is 3.50. The van der Waals surface area contributed by atoms with Crippen molar-refractivity contribution in [3.05, 3.63) is 47.4 Å². The van der Waals surface area contributed by atoms with Crippen LogP contribution in [-0.2, 0) is 0 Å². The van der Waals surface area contributed by atoms with Crippen molar-refractivity contribution >= 4 is 17.4 Å². The van der Waals surface area contributed by atoms with Crippen LogP contribution in [0.3, 0.4) is 0 Å². The van der Waals surface area contributed by atoms with Crippen LogP contribution in [0.15, 0.2) is 36.4 Å². The Balaban J connectivity index is 1.55. The number of hydrogen-bond acceptors (Lipinski definition) is 4. The molecule has 6 heteroatoms. The van der Waals surface area contributed by atoms with Crippen LogP contribution in [0.2, 0.25) is 5.15 Å². The number of anilines is 1. The average molecular weight is 308 g/mol. The SMILES string of the molecule is Fc1ccc(OC2CCN(c3ccc(Cl)nn3)CC2)cc1. The van der Waals surface area contributed by atoms with Crippen LogP contribution < -0.4 is 9.64 Å². The highest BCUT2D eigenvalue weighted by molar-refractivity contribution is 6.29. The van der Waals surface area contributed by atoms with Crippen LogP contribution in [0.1, 0.15) is 12.8 Å². The topological polar surface area (TPSA) is 38.2 Å². The van der Waals surface area contributed by atoms with Gasteiger partial charge in [0.2, 0.25) is 0 Å². The fourth-order valence-corrected chi connectivity index (χ4v) is 2.49. The predicted molar refractivity (Wildman–Crippen MR) is 79.3 cm³/mol. The van der Waals surface area contributed by atoms with E-state index in [2.05, 4.69) is 15.1 Å². The van der Waals surface area contributed by atoms with Crippen molar-refractivity contribution in [3.63, 3.8) is 0 Å². The minimum atomic E-state index is -0.251. The molecule has 110 valence electrons. The van der Waals surface area contributed by atoms with Crippen molar-refractivity contribution < 1.29 is 9.13 Å². The van der Waals surface area contributed by atoms with Gasteiger partial charge in [-0.15, -0.1) is 10.2 Å². The van der Waals surface area contributed by atoms with Gasteiger partial charge in [-0.25, -0.2) is 4.39 Å². The molecule has 0 spiro atoms. The molecule has 21 heavy (non-hydrogen) atoms. The first-order valence-corrected chi connectivity index (χ1v) is 7.25. The molecule has 0 N–H and O–H groups in total. The van der Waals surface area contributed by atoms with E-state index >= 15 is 0 Å². The third-order valence-corrected chi connectivity index (χ3v) is 3.70. The molecule has 0 bridgehead atoms. The second-order valence-electron chi connectivity index (χ2n) is 4.97. The summed E-state index contributed by atoms with van der Waals surface area (Å²) in [7, 11) is 0. The minimum Gasteiger partial charge on any atom is -0.490 e. The summed E-state index contributed by atoms with van der Waals surface area (Å²) >= 11 is 5.74. The molecule has 0 atom stereocenters. The largest absolute Gasteiger partial charge is 0.490 e. The predicted octanol–water partition coefficient (Wildman–Crippen LogP) is 3.32. The monoisotopic (exact) mass is 307 g/mol. The Kier molecular flexibility index (Phi) is 4.20. The maximum atomic E-state index is 12.8. The van der Waals surface area contributed by atoms with Crippen molar-refractivity contribution in [2.24, 2.45) is 0 Å². The lowest BCUT2D eigenvalue weighted by molar-refractivity contribution is 0.170. The molecule has 1 saturated heterocycles. The van der Waals surface area contributed by atoms with E-state index < -0.39 is 0 Å². The number of nitrogens with zero attached hydrogens (tertiary/aromatic N) is 3. The van der Waals surface area contributed by atoms with Crippen LogP contribution in [0, 0.1) is 5.82 Å². The van der Waals surface area contributed by atoms with Gasteiger partial charge in [0.05, 0.1) is 0 Å². The maximum Gasteiger partial charge on any atom is 0.151 e. The zero-order valence-electron chi connectivity index (χ0n) is 11.4. The van der Waals surface area contributed by atoms with Crippen molar-refractivity contribution in [3.8, 4) is 5.75 Å². The summed E-state index contributed by atoms with van der Waals surface area (Å²) in [6, 6.07) is 9.75. The van der Waals surface area contributed by atoms with E-state index in [-0.39, 0.29) is 11.9 Å². The standard InChI is InChI=1S/C15H15ClFN3O/c16-14-5-6-15(19-18-14)20-9-7-13(8-10-20)21-12-3-1-11(17)2-4-12/h1-6,13H,7-10H2. The highest BCUT2D eigenvalue weighted by Gasteiger charge is 2.21. The van der Waals surface area contributed by atoms with Crippen LogP contribution in [0.5, 0.6) is 5.75 Å². The molecule has 1 aromatic carbocycles. The van der Waals surface area contributed by atoms with Crippen LogP contribution in [0.25, 0.3) is 0 Å². The first kappa shape index (κ1) is 14.1. The van der Waals surface area contributed by atoms with Gasteiger partial charge in [-0.3, -0.25) is 0 Å². The summed E-state index contributed by atoms with van der Waals surface area (Å²) in [4.78, 5) is 2.16. The second kappa shape index (κ2) is 6.26. The molecule has 1 aliphatic heterocycles. The van der Waals surface area contributed by atoms with Crippen LogP contribution in [0.4, 0.5) is 10.2 Å². The quantitative estimate of drug-likeness (QED) is 0.872. The van der Waals surface area contributed by atoms with Gasteiger partial charge in [0, 0.05) is 25.9 Å². The Morgan fingerprint density at radius 1 is 1.05 bits per heavy atom. The van der Waals surface area contributed by atoms with Gasteiger partial charge in [0.25, 0.3) is 0 Å². The Labute approximate surface area is 127 Å². The molecule has 0 saturated carbocycles. The van der Waals surface area contributed by atoms with Gasteiger partial charge < -0.3 is 9.64 Å². The van der Waals surface area contributed by atoms with Gasteiger partial charge in [0.15, 0.2) is 11.0 Å². The van der Waals surface area contributed by atoms with Gasteiger partial charge >= 0.3 is 0 Å². The number of hydrogen-bond donors (Lipinski definition) is 0. The molecule has 0 unspecified atom stereocenters. The Morgan fingerprint density at radius 2 is 1.76 bits per heavy atom. The normalized spacial score (nSPS) is 16.0. The summed E-state index contributed by atoms with van der Waals surface area (Å²) in [6.07, 6.45) is 1.93. The molecule has 0 aliphatic carbocycles. The summed E-state index contributed by atoms with van der Waals surface area (Å²) in [5.41, 5.74) is 0.